The molecule has 1 amide bonds. The number of H-pyrrole nitrogens is 1. The maximum absolute atomic E-state index is 12.9. The van der Waals surface area contributed by atoms with Crippen molar-refractivity contribution in [1.29, 1.82) is 0 Å². The molecular formula is C31H33N5O3. The van der Waals surface area contributed by atoms with Gasteiger partial charge >= 0.3 is 0 Å². The monoisotopic (exact) mass is 523 g/mol. The number of anilines is 1. The lowest BCUT2D eigenvalue weighted by Crippen LogP contribution is -2.48. The van der Waals surface area contributed by atoms with Crippen LogP contribution in [0, 0.1) is 0 Å². The van der Waals surface area contributed by atoms with Crippen molar-refractivity contribution in [2.24, 2.45) is 4.99 Å². The van der Waals surface area contributed by atoms with Gasteiger partial charge in [0.25, 0.3) is 0 Å². The van der Waals surface area contributed by atoms with Crippen LogP contribution in [-0.4, -0.2) is 84.1 Å². The molecule has 5 rings (SSSR count). The number of carbonyl (C=O) groups excluding carboxylic acids is 2. The van der Waals surface area contributed by atoms with Gasteiger partial charge in [0.1, 0.15) is 0 Å². The zero-order valence-corrected chi connectivity index (χ0v) is 22.5. The summed E-state index contributed by atoms with van der Waals surface area (Å²) in [5.41, 5.74) is 4.67. The molecule has 39 heavy (non-hydrogen) atoms. The van der Waals surface area contributed by atoms with Crippen LogP contribution in [0.4, 0.5) is 11.4 Å². The lowest BCUT2D eigenvalue weighted by molar-refractivity contribution is -0.119. The Morgan fingerprint density at radius 2 is 1.64 bits per heavy atom. The highest BCUT2D eigenvalue weighted by Gasteiger charge is 2.21. The summed E-state index contributed by atoms with van der Waals surface area (Å²) in [5, 5.41) is 11.6. The van der Waals surface area contributed by atoms with Crippen LogP contribution in [0.3, 0.4) is 0 Å². The average Bonchev–Trinajstić information content (AvgIpc) is 3.28. The third-order valence-electron chi connectivity index (χ3n) is 7.28. The lowest BCUT2D eigenvalue weighted by atomic mass is 9.99. The van der Waals surface area contributed by atoms with Gasteiger partial charge in [-0.3, -0.25) is 14.5 Å². The first kappa shape index (κ1) is 26.3. The average molecular weight is 524 g/mol. The van der Waals surface area contributed by atoms with Gasteiger partial charge in [-0.25, -0.2) is 4.99 Å². The predicted octanol–water partition coefficient (Wildman–Crippen LogP) is 4.46. The molecule has 0 aliphatic carbocycles. The van der Waals surface area contributed by atoms with Gasteiger partial charge in [0.05, 0.1) is 23.5 Å². The second-order valence-corrected chi connectivity index (χ2v) is 10.0. The summed E-state index contributed by atoms with van der Waals surface area (Å²) in [6.45, 7) is 5.63. The molecule has 1 aromatic heterocycles. The second kappa shape index (κ2) is 11.2. The Morgan fingerprint density at radius 3 is 2.31 bits per heavy atom. The van der Waals surface area contributed by atoms with E-state index in [1.54, 1.807) is 30.1 Å². The molecule has 1 aliphatic rings. The fourth-order valence-corrected chi connectivity index (χ4v) is 4.82. The van der Waals surface area contributed by atoms with Crippen molar-refractivity contribution in [3.63, 3.8) is 0 Å². The van der Waals surface area contributed by atoms with Crippen molar-refractivity contribution in [2.45, 2.75) is 6.92 Å². The van der Waals surface area contributed by atoms with E-state index in [0.717, 1.165) is 37.4 Å². The first-order valence-corrected chi connectivity index (χ1v) is 13.1. The number of aromatic hydroxyl groups is 1. The fraction of sp³-hybridized carbons (Fsp3) is 0.258. The highest BCUT2D eigenvalue weighted by molar-refractivity contribution is 6.22. The Morgan fingerprint density at radius 1 is 0.949 bits per heavy atom. The Bertz CT molecular complexity index is 1520. The third-order valence-corrected chi connectivity index (χ3v) is 7.28. The van der Waals surface area contributed by atoms with E-state index >= 15 is 0 Å². The van der Waals surface area contributed by atoms with Crippen molar-refractivity contribution in [3.05, 3.63) is 89.5 Å². The molecule has 0 bridgehead atoms. The molecule has 2 heterocycles. The summed E-state index contributed by atoms with van der Waals surface area (Å²) in [4.78, 5) is 39.1. The first-order chi connectivity index (χ1) is 18.8. The van der Waals surface area contributed by atoms with Crippen molar-refractivity contribution < 1.29 is 14.7 Å². The van der Waals surface area contributed by atoms with Crippen LogP contribution in [0.5, 0.6) is 5.88 Å². The molecule has 0 spiro atoms. The van der Waals surface area contributed by atoms with Crippen LogP contribution in [0.1, 0.15) is 28.4 Å². The number of hydrogen-bond acceptors (Lipinski definition) is 6. The number of hydrogen-bond donors (Lipinski definition) is 2. The minimum absolute atomic E-state index is 0.0147. The van der Waals surface area contributed by atoms with Gasteiger partial charge in [0.2, 0.25) is 5.91 Å². The van der Waals surface area contributed by atoms with Gasteiger partial charge in [-0.2, -0.15) is 0 Å². The topological polar surface area (TPSA) is 92.2 Å². The first-order valence-electron chi connectivity index (χ1n) is 13.1. The second-order valence-electron chi connectivity index (χ2n) is 10.0. The van der Waals surface area contributed by atoms with Gasteiger partial charge in [-0.05, 0) is 56.4 Å². The van der Waals surface area contributed by atoms with Crippen LogP contribution < -0.4 is 4.90 Å². The summed E-state index contributed by atoms with van der Waals surface area (Å²) >= 11 is 0. The molecule has 2 N–H and O–H groups in total. The maximum Gasteiger partial charge on any atom is 0.240 e. The zero-order valence-electron chi connectivity index (χ0n) is 22.5. The van der Waals surface area contributed by atoms with E-state index in [-0.39, 0.29) is 17.6 Å². The van der Waals surface area contributed by atoms with E-state index in [1.165, 1.54) is 6.92 Å². The smallest absolute Gasteiger partial charge is 0.240 e. The van der Waals surface area contributed by atoms with Crippen LogP contribution in [0.15, 0.2) is 77.8 Å². The number of rotatable bonds is 7. The number of aliphatic imine (C=N–C) groups is 1. The van der Waals surface area contributed by atoms with E-state index in [9.17, 15) is 14.7 Å². The number of Topliss-reactive ketones (excluding diaryl/α,β-unsaturated/α-hetero) is 1. The molecule has 3 aromatic carbocycles. The van der Waals surface area contributed by atoms with E-state index < -0.39 is 0 Å². The molecule has 0 atom stereocenters. The number of nitrogens with one attached hydrogen (secondary N) is 1. The van der Waals surface area contributed by atoms with Crippen LogP contribution in [0.25, 0.3) is 10.9 Å². The summed E-state index contributed by atoms with van der Waals surface area (Å²) in [6.07, 6.45) is 0. The van der Waals surface area contributed by atoms with E-state index in [2.05, 4.69) is 21.8 Å². The molecule has 200 valence electrons. The lowest BCUT2D eigenvalue weighted by Gasteiger charge is -2.32. The van der Waals surface area contributed by atoms with E-state index in [0.29, 0.717) is 40.0 Å². The molecule has 8 heteroatoms. The van der Waals surface area contributed by atoms with E-state index in [4.69, 9.17) is 4.99 Å². The summed E-state index contributed by atoms with van der Waals surface area (Å²) in [5.74, 6) is -0.0199. The highest BCUT2D eigenvalue weighted by atomic mass is 16.3. The number of ketones is 1. The van der Waals surface area contributed by atoms with Crippen molar-refractivity contribution in [2.75, 3.05) is 51.7 Å². The number of carbonyl (C=O) groups is 2. The number of fused-ring (bicyclic) bond motifs is 1. The Hall–Kier alpha value is -4.27. The number of amides is 1. The summed E-state index contributed by atoms with van der Waals surface area (Å²) in [7, 11) is 3.89. The molecule has 8 nitrogen and oxygen atoms in total. The summed E-state index contributed by atoms with van der Waals surface area (Å²) < 4.78 is 0. The minimum atomic E-state index is -0.0522. The fourth-order valence-electron chi connectivity index (χ4n) is 4.82. The van der Waals surface area contributed by atoms with Gasteiger partial charge in [0, 0.05) is 60.9 Å². The Labute approximate surface area is 228 Å². The molecule has 4 aromatic rings. The number of aromatic amines is 1. The minimum Gasteiger partial charge on any atom is -0.494 e. The number of likely N-dealkylation sites (N-methyl/N-ethyl adjacent to an activating group) is 2. The largest absolute Gasteiger partial charge is 0.494 e. The number of aromatic nitrogens is 1. The molecule has 1 fully saturated rings. The quantitative estimate of drug-likeness (QED) is 0.276. The van der Waals surface area contributed by atoms with Gasteiger partial charge in [0.15, 0.2) is 11.7 Å². The number of piperazine rings is 1. The van der Waals surface area contributed by atoms with Crippen molar-refractivity contribution >= 4 is 39.7 Å². The Kier molecular flexibility index (Phi) is 7.58. The van der Waals surface area contributed by atoms with Gasteiger partial charge in [-0.1, -0.05) is 30.3 Å². The number of nitrogens with zero attached hydrogens (tertiary/aromatic N) is 4. The highest BCUT2D eigenvalue weighted by Crippen LogP contribution is 2.32. The van der Waals surface area contributed by atoms with Crippen LogP contribution >= 0.6 is 0 Å². The predicted molar refractivity (Wildman–Crippen MR) is 155 cm³/mol. The molecule has 1 saturated heterocycles. The van der Waals surface area contributed by atoms with Crippen molar-refractivity contribution in [3.8, 4) is 5.88 Å². The molecule has 1 aliphatic heterocycles. The molecule has 0 radical (unpaired) electrons. The third kappa shape index (κ3) is 5.77. The molecule has 0 saturated carbocycles. The SMILES string of the molecule is CC(=O)c1ccc2[nH]c(O)c(C(=Nc3ccc(N(C)C(=O)CN4CCN(C)CC4)cc3)c3ccccc3)c2c1. The maximum atomic E-state index is 12.9. The molecular weight excluding hydrogens is 490 g/mol. The Balaban J connectivity index is 1.46. The normalized spacial score (nSPS) is 15.0. The molecule has 0 unspecified atom stereocenters. The number of benzene rings is 3. The van der Waals surface area contributed by atoms with Gasteiger partial charge in [-0.15, -0.1) is 0 Å². The van der Waals surface area contributed by atoms with Crippen LogP contribution in [-0.2, 0) is 4.79 Å². The van der Waals surface area contributed by atoms with Gasteiger partial charge < -0.3 is 19.9 Å². The zero-order chi connectivity index (χ0) is 27.5. The van der Waals surface area contributed by atoms with E-state index in [1.807, 2.05) is 54.6 Å². The van der Waals surface area contributed by atoms with Crippen molar-refractivity contribution in [1.82, 2.24) is 14.8 Å². The standard InChI is InChI=1S/C31H33N5O3/c1-21(37)23-9-14-27-26(19-23)29(31(39)33-27)30(22-7-5-4-6-8-22)32-24-10-12-25(13-11-24)35(3)28(38)20-36-17-15-34(2)16-18-36/h4-14,19,33,39H,15-18,20H2,1-3H3. The summed E-state index contributed by atoms with van der Waals surface area (Å²) in [6, 6.07) is 22.4. The van der Waals surface area contributed by atoms with Crippen LogP contribution in [0.2, 0.25) is 0 Å².